The number of nitrogens with zero attached hydrogens (tertiary/aromatic N) is 6. The number of aromatic amines is 1. The first-order valence-corrected chi connectivity index (χ1v) is 6.32. The number of tetrazole rings is 1. The Labute approximate surface area is 120 Å². The topological polar surface area (TPSA) is 103 Å². The van der Waals surface area contributed by atoms with Gasteiger partial charge in [0.05, 0.1) is 6.54 Å². The van der Waals surface area contributed by atoms with Crippen LogP contribution in [0.15, 0.2) is 53.6 Å². The minimum absolute atomic E-state index is 0.237. The fourth-order valence-electron chi connectivity index (χ4n) is 2.23. The molecule has 7 nitrogen and oxygen atoms in total. The smallest absolute Gasteiger partial charge is 0.177 e. The van der Waals surface area contributed by atoms with Gasteiger partial charge in [-0.1, -0.05) is 53.6 Å². The number of H-pyrrole nitrogens is 1. The van der Waals surface area contributed by atoms with E-state index in [-0.39, 0.29) is 6.54 Å². The molecular formula is C14H11N7. The maximum atomic E-state index is 8.54. The van der Waals surface area contributed by atoms with Gasteiger partial charge in [0.15, 0.2) is 0 Å². The Balaban J connectivity index is 2.22. The molecule has 21 heavy (non-hydrogen) atoms. The fraction of sp³-hybridized carbons (Fsp3) is 0.0714. The Morgan fingerprint density at radius 2 is 1.95 bits per heavy atom. The van der Waals surface area contributed by atoms with Gasteiger partial charge in [-0.05, 0) is 27.4 Å². The van der Waals surface area contributed by atoms with Gasteiger partial charge >= 0.3 is 0 Å². The molecule has 0 unspecified atom stereocenters. The maximum absolute atomic E-state index is 8.54. The molecule has 2 aromatic carbocycles. The van der Waals surface area contributed by atoms with Gasteiger partial charge in [0.25, 0.3) is 0 Å². The molecule has 0 fully saturated rings. The van der Waals surface area contributed by atoms with E-state index in [0.29, 0.717) is 5.82 Å². The lowest BCUT2D eigenvalue weighted by Gasteiger charge is -2.11. The highest BCUT2D eigenvalue weighted by molar-refractivity contribution is 5.82. The van der Waals surface area contributed by atoms with Gasteiger partial charge in [-0.3, -0.25) is 0 Å². The predicted molar refractivity (Wildman–Crippen MR) is 77.9 cm³/mol. The summed E-state index contributed by atoms with van der Waals surface area (Å²) in [6, 6.07) is 15.7. The molecule has 0 aliphatic carbocycles. The van der Waals surface area contributed by atoms with Crippen LogP contribution in [0.3, 0.4) is 0 Å². The third-order valence-electron chi connectivity index (χ3n) is 3.11. The molecular weight excluding hydrogens is 266 g/mol. The van der Waals surface area contributed by atoms with Crippen molar-refractivity contribution in [1.29, 1.82) is 0 Å². The number of benzene rings is 2. The molecule has 0 atom stereocenters. The summed E-state index contributed by atoms with van der Waals surface area (Å²) in [4.78, 5) is 2.82. The van der Waals surface area contributed by atoms with Crippen LogP contribution in [0.2, 0.25) is 0 Å². The Morgan fingerprint density at radius 3 is 2.67 bits per heavy atom. The molecule has 7 heteroatoms. The van der Waals surface area contributed by atoms with Crippen LogP contribution in [0.1, 0.15) is 5.56 Å². The molecule has 3 rings (SSSR count). The van der Waals surface area contributed by atoms with Crippen molar-refractivity contribution in [1.82, 2.24) is 20.6 Å². The van der Waals surface area contributed by atoms with E-state index in [9.17, 15) is 0 Å². The van der Waals surface area contributed by atoms with Crippen molar-refractivity contribution in [2.45, 2.75) is 6.54 Å². The highest BCUT2D eigenvalue weighted by Gasteiger charge is 2.15. The zero-order valence-electron chi connectivity index (χ0n) is 11.0. The van der Waals surface area contributed by atoms with E-state index in [2.05, 4.69) is 30.7 Å². The first-order chi connectivity index (χ1) is 10.4. The van der Waals surface area contributed by atoms with Gasteiger partial charge in [-0.15, -0.1) is 10.2 Å². The van der Waals surface area contributed by atoms with Crippen LogP contribution in [0.4, 0.5) is 0 Å². The van der Waals surface area contributed by atoms with Gasteiger partial charge in [0.1, 0.15) is 0 Å². The molecule has 0 aliphatic heterocycles. The van der Waals surface area contributed by atoms with E-state index in [1.165, 1.54) is 0 Å². The first kappa shape index (κ1) is 12.8. The van der Waals surface area contributed by atoms with Gasteiger partial charge in [0, 0.05) is 10.5 Å². The van der Waals surface area contributed by atoms with Crippen LogP contribution in [0.25, 0.3) is 33.0 Å². The van der Waals surface area contributed by atoms with Gasteiger partial charge in [-0.25, -0.2) is 0 Å². The van der Waals surface area contributed by atoms with Crippen molar-refractivity contribution in [2.75, 3.05) is 0 Å². The molecule has 1 aromatic heterocycles. The number of hydrogen-bond donors (Lipinski definition) is 1. The average molecular weight is 277 g/mol. The van der Waals surface area contributed by atoms with E-state index in [1.54, 1.807) is 0 Å². The lowest BCUT2D eigenvalue weighted by atomic mass is 9.95. The second-order valence-corrected chi connectivity index (χ2v) is 4.33. The van der Waals surface area contributed by atoms with Crippen LogP contribution in [0.5, 0.6) is 0 Å². The summed E-state index contributed by atoms with van der Waals surface area (Å²) >= 11 is 0. The largest absolute Gasteiger partial charge is 0.205 e. The summed E-state index contributed by atoms with van der Waals surface area (Å²) in [5, 5.41) is 17.8. The molecule has 102 valence electrons. The van der Waals surface area contributed by atoms with Crippen LogP contribution in [-0.4, -0.2) is 20.6 Å². The van der Waals surface area contributed by atoms with Crippen molar-refractivity contribution >= 4 is 0 Å². The fourth-order valence-corrected chi connectivity index (χ4v) is 2.23. The van der Waals surface area contributed by atoms with E-state index in [0.717, 1.165) is 22.3 Å². The highest BCUT2D eigenvalue weighted by Crippen LogP contribution is 2.33. The SMILES string of the molecule is [N-]=[N+]=NCc1cccc(-c2ccccc2)c1-c1nn[nH]n1. The van der Waals surface area contributed by atoms with Crippen molar-refractivity contribution < 1.29 is 0 Å². The first-order valence-electron chi connectivity index (χ1n) is 6.32. The van der Waals surface area contributed by atoms with Gasteiger partial charge in [0.2, 0.25) is 5.82 Å². The van der Waals surface area contributed by atoms with Crippen LogP contribution >= 0.6 is 0 Å². The van der Waals surface area contributed by atoms with E-state index < -0.39 is 0 Å². The molecule has 0 amide bonds. The zero-order valence-corrected chi connectivity index (χ0v) is 11.0. The highest BCUT2D eigenvalue weighted by atomic mass is 15.5. The number of rotatable bonds is 4. The van der Waals surface area contributed by atoms with Gasteiger partial charge in [-0.2, -0.15) is 5.21 Å². The van der Waals surface area contributed by atoms with E-state index >= 15 is 0 Å². The Kier molecular flexibility index (Phi) is 3.58. The molecule has 0 saturated carbocycles. The molecule has 3 aromatic rings. The number of hydrogen-bond acceptors (Lipinski definition) is 4. The zero-order chi connectivity index (χ0) is 14.5. The number of aromatic nitrogens is 4. The number of azide groups is 1. The second-order valence-electron chi connectivity index (χ2n) is 4.33. The monoisotopic (exact) mass is 277 g/mol. The number of nitrogens with one attached hydrogen (secondary N) is 1. The summed E-state index contributed by atoms with van der Waals surface area (Å²) in [6.45, 7) is 0.237. The van der Waals surface area contributed by atoms with Crippen molar-refractivity contribution in [3.8, 4) is 22.5 Å². The molecule has 0 saturated heterocycles. The third kappa shape index (κ3) is 2.58. The Hall–Kier alpha value is -3.18. The summed E-state index contributed by atoms with van der Waals surface area (Å²) in [7, 11) is 0. The standard InChI is InChI=1S/C14H11N7/c15-19-16-9-11-7-4-8-12(10-5-2-1-3-6-10)13(11)14-17-20-21-18-14/h1-8H,9H2,(H,17,18,20,21). The minimum Gasteiger partial charge on any atom is -0.177 e. The second kappa shape index (κ2) is 5.85. The van der Waals surface area contributed by atoms with Crippen molar-refractivity contribution in [3.05, 3.63) is 64.5 Å². The quantitative estimate of drug-likeness (QED) is 0.449. The van der Waals surface area contributed by atoms with Crippen molar-refractivity contribution in [3.63, 3.8) is 0 Å². The molecule has 1 heterocycles. The van der Waals surface area contributed by atoms with E-state index in [1.807, 2.05) is 48.5 Å². The summed E-state index contributed by atoms with van der Waals surface area (Å²) in [5.41, 5.74) is 12.2. The molecule has 0 spiro atoms. The lowest BCUT2D eigenvalue weighted by molar-refractivity contribution is 0.881. The van der Waals surface area contributed by atoms with Gasteiger partial charge < -0.3 is 0 Å². The van der Waals surface area contributed by atoms with Crippen LogP contribution < -0.4 is 0 Å². The summed E-state index contributed by atoms with van der Waals surface area (Å²) < 4.78 is 0. The van der Waals surface area contributed by atoms with Crippen LogP contribution in [0, 0.1) is 0 Å². The van der Waals surface area contributed by atoms with Crippen LogP contribution in [-0.2, 0) is 6.54 Å². The van der Waals surface area contributed by atoms with E-state index in [4.69, 9.17) is 5.53 Å². The molecule has 0 aliphatic rings. The molecule has 1 N–H and O–H groups in total. The minimum atomic E-state index is 0.237. The summed E-state index contributed by atoms with van der Waals surface area (Å²) in [5.74, 6) is 0.484. The molecule has 0 bridgehead atoms. The van der Waals surface area contributed by atoms with Crippen molar-refractivity contribution in [2.24, 2.45) is 5.11 Å². The summed E-state index contributed by atoms with van der Waals surface area (Å²) in [6.07, 6.45) is 0. The lowest BCUT2D eigenvalue weighted by Crippen LogP contribution is -1.94. The average Bonchev–Trinajstić information content (AvgIpc) is 3.07. The maximum Gasteiger partial charge on any atom is 0.205 e. The Bertz CT molecular complexity index is 774. The molecule has 0 radical (unpaired) electrons. The Morgan fingerprint density at radius 1 is 1.10 bits per heavy atom. The predicted octanol–water partition coefficient (Wildman–Crippen LogP) is 3.34. The third-order valence-corrected chi connectivity index (χ3v) is 3.11. The normalized spacial score (nSPS) is 10.1.